The third-order valence-electron chi connectivity index (χ3n) is 6.06. The summed E-state index contributed by atoms with van der Waals surface area (Å²) in [5.41, 5.74) is 1.83. The molecule has 0 radical (unpaired) electrons. The number of benzene rings is 4. The molecular formula is C30H28ClNO6S. The number of sulfone groups is 1. The smallest absolute Gasteiger partial charge is 0.335 e. The van der Waals surface area contributed by atoms with Gasteiger partial charge in [-0.05, 0) is 91.2 Å². The van der Waals surface area contributed by atoms with E-state index < -0.39 is 21.9 Å². The summed E-state index contributed by atoms with van der Waals surface area (Å²) in [5.74, 6) is -0.505. The van der Waals surface area contributed by atoms with Crippen molar-refractivity contribution < 1.29 is 28.2 Å². The molecule has 0 saturated heterocycles. The van der Waals surface area contributed by atoms with Crippen molar-refractivity contribution in [3.63, 3.8) is 0 Å². The summed E-state index contributed by atoms with van der Waals surface area (Å²) < 4.78 is 32.2. The molecule has 4 rings (SSSR count). The molecule has 7 nitrogen and oxygen atoms in total. The zero-order chi connectivity index (χ0) is 27.8. The molecule has 1 atom stereocenters. The molecule has 0 aliphatic carbocycles. The highest BCUT2D eigenvalue weighted by atomic mass is 35.5. The number of carboxylic acids is 1. The number of hydrogen-bond donors (Lipinski definition) is 3. The first-order valence-corrected chi connectivity index (χ1v) is 14.2. The zero-order valence-corrected chi connectivity index (χ0v) is 22.5. The van der Waals surface area contributed by atoms with E-state index in [9.17, 15) is 18.3 Å². The Morgan fingerprint density at radius 1 is 0.872 bits per heavy atom. The van der Waals surface area contributed by atoms with Crippen LogP contribution in [0.4, 0.5) is 0 Å². The molecule has 0 saturated carbocycles. The van der Waals surface area contributed by atoms with Gasteiger partial charge in [0.25, 0.3) is 0 Å². The lowest BCUT2D eigenvalue weighted by molar-refractivity contribution is 0.0696. The summed E-state index contributed by atoms with van der Waals surface area (Å²) in [7, 11) is -3.78. The number of aliphatic hydroxyl groups is 1. The van der Waals surface area contributed by atoms with Crippen molar-refractivity contribution in [1.29, 1.82) is 0 Å². The normalized spacial score (nSPS) is 12.2. The van der Waals surface area contributed by atoms with Crippen LogP contribution in [0.3, 0.4) is 0 Å². The molecule has 202 valence electrons. The highest BCUT2D eigenvalue weighted by Gasteiger charge is 2.18. The van der Waals surface area contributed by atoms with Gasteiger partial charge in [-0.1, -0.05) is 48.0 Å². The average Bonchev–Trinajstić information content (AvgIpc) is 2.93. The van der Waals surface area contributed by atoms with Crippen LogP contribution >= 0.6 is 11.6 Å². The fraction of sp³-hybridized carbons (Fsp3) is 0.167. The Balaban J connectivity index is 1.32. The Labute approximate surface area is 232 Å². The van der Waals surface area contributed by atoms with Gasteiger partial charge >= 0.3 is 5.97 Å². The van der Waals surface area contributed by atoms with Crippen molar-refractivity contribution in [2.45, 2.75) is 28.7 Å². The topological polar surface area (TPSA) is 113 Å². The first-order chi connectivity index (χ1) is 18.7. The van der Waals surface area contributed by atoms with Crippen molar-refractivity contribution in [3.05, 3.63) is 119 Å². The highest BCUT2D eigenvalue weighted by molar-refractivity contribution is 7.91. The van der Waals surface area contributed by atoms with Gasteiger partial charge in [-0.2, -0.15) is 0 Å². The molecule has 0 fully saturated rings. The molecule has 0 aliphatic rings. The van der Waals surface area contributed by atoms with Gasteiger partial charge in [0, 0.05) is 11.6 Å². The number of carbonyl (C=O) groups is 1. The van der Waals surface area contributed by atoms with Crippen molar-refractivity contribution in [1.82, 2.24) is 5.32 Å². The van der Waals surface area contributed by atoms with Gasteiger partial charge in [0.05, 0.1) is 21.5 Å². The maximum atomic E-state index is 13.2. The van der Waals surface area contributed by atoms with Crippen LogP contribution in [0.2, 0.25) is 5.02 Å². The minimum atomic E-state index is -3.78. The summed E-state index contributed by atoms with van der Waals surface area (Å²) in [5, 5.41) is 23.3. The highest BCUT2D eigenvalue weighted by Crippen LogP contribution is 2.28. The van der Waals surface area contributed by atoms with Gasteiger partial charge in [0.15, 0.2) is 0 Å². The molecule has 0 aliphatic heterocycles. The Morgan fingerprint density at radius 2 is 1.56 bits per heavy atom. The number of aliphatic hydroxyl groups excluding tert-OH is 1. The summed E-state index contributed by atoms with van der Waals surface area (Å²) >= 11 is 5.97. The van der Waals surface area contributed by atoms with Crippen LogP contribution in [0, 0.1) is 0 Å². The molecule has 0 spiro atoms. The van der Waals surface area contributed by atoms with E-state index in [1.54, 1.807) is 66.7 Å². The van der Waals surface area contributed by atoms with Gasteiger partial charge in [-0.3, -0.25) is 0 Å². The molecule has 4 aromatic rings. The maximum absolute atomic E-state index is 13.2. The van der Waals surface area contributed by atoms with E-state index in [4.69, 9.17) is 21.4 Å². The van der Waals surface area contributed by atoms with E-state index in [2.05, 4.69) is 5.32 Å². The number of aryl methyl sites for hydroxylation is 1. The van der Waals surface area contributed by atoms with E-state index in [0.717, 1.165) is 24.0 Å². The van der Waals surface area contributed by atoms with Crippen LogP contribution in [0.1, 0.15) is 34.0 Å². The first kappa shape index (κ1) is 28.3. The predicted molar refractivity (Wildman–Crippen MR) is 149 cm³/mol. The van der Waals surface area contributed by atoms with E-state index in [1.165, 1.54) is 24.3 Å². The second-order valence-electron chi connectivity index (χ2n) is 8.94. The van der Waals surface area contributed by atoms with Gasteiger partial charge in [0.1, 0.15) is 11.5 Å². The van der Waals surface area contributed by atoms with Crippen LogP contribution < -0.4 is 10.1 Å². The monoisotopic (exact) mass is 565 g/mol. The lowest BCUT2D eigenvalue weighted by Crippen LogP contribution is -2.22. The van der Waals surface area contributed by atoms with E-state index in [1.807, 2.05) is 6.07 Å². The van der Waals surface area contributed by atoms with Crippen molar-refractivity contribution in [3.8, 4) is 11.5 Å². The fourth-order valence-electron chi connectivity index (χ4n) is 3.99. The number of halogens is 1. The average molecular weight is 566 g/mol. The standard InChI is InChI=1S/C30H28ClNO6S/c31-24-8-1-6-22(17-24)29(33)20-32-16-4-5-21-12-14-27(15-13-21)39(36,37)28-11-3-10-26(19-28)38-25-9-2-7-23(18-25)30(34)35/h1-3,6-15,17-19,29,32-33H,4-5,16,20H2,(H,34,35)/t29-/m1/s1. The Morgan fingerprint density at radius 3 is 2.28 bits per heavy atom. The summed E-state index contributed by atoms with van der Waals surface area (Å²) in [4.78, 5) is 11.4. The second kappa shape index (κ2) is 12.9. The number of ether oxygens (including phenoxy) is 1. The fourth-order valence-corrected chi connectivity index (χ4v) is 5.49. The molecule has 3 N–H and O–H groups in total. The number of hydrogen-bond acceptors (Lipinski definition) is 6. The van der Waals surface area contributed by atoms with Crippen LogP contribution in [0.15, 0.2) is 107 Å². The van der Waals surface area contributed by atoms with Gasteiger partial charge in [0.2, 0.25) is 9.84 Å². The van der Waals surface area contributed by atoms with Gasteiger partial charge in [-0.25, -0.2) is 13.2 Å². The largest absolute Gasteiger partial charge is 0.478 e. The minimum Gasteiger partial charge on any atom is -0.478 e. The Kier molecular flexibility index (Phi) is 9.37. The second-order valence-corrected chi connectivity index (χ2v) is 11.3. The van der Waals surface area contributed by atoms with Crippen molar-refractivity contribution >= 4 is 27.4 Å². The SMILES string of the molecule is O=C(O)c1cccc(Oc2cccc(S(=O)(=O)c3ccc(CCCNC[C@@H](O)c4cccc(Cl)c4)cc3)c2)c1. The number of nitrogens with one attached hydrogen (secondary N) is 1. The molecular weight excluding hydrogens is 538 g/mol. The summed E-state index contributed by atoms with van der Waals surface area (Å²) in [6.45, 7) is 1.10. The third-order valence-corrected chi connectivity index (χ3v) is 8.06. The molecule has 0 heterocycles. The maximum Gasteiger partial charge on any atom is 0.335 e. The number of aromatic carboxylic acids is 1. The van der Waals surface area contributed by atoms with Crippen LogP contribution in [-0.4, -0.2) is 37.7 Å². The molecule has 4 aromatic carbocycles. The first-order valence-electron chi connectivity index (χ1n) is 12.3. The predicted octanol–water partition coefficient (Wildman–Crippen LogP) is 5.92. The molecule has 0 bridgehead atoms. The van der Waals surface area contributed by atoms with Crippen LogP contribution in [0.25, 0.3) is 0 Å². The lowest BCUT2D eigenvalue weighted by atomic mass is 10.1. The molecule has 0 aromatic heterocycles. The minimum absolute atomic E-state index is 0.0716. The van der Waals surface area contributed by atoms with E-state index in [-0.39, 0.29) is 21.1 Å². The number of carboxylic acid groups (broad SMARTS) is 1. The van der Waals surface area contributed by atoms with Crippen LogP contribution in [0.5, 0.6) is 11.5 Å². The quantitative estimate of drug-likeness (QED) is 0.183. The van der Waals surface area contributed by atoms with Gasteiger partial charge in [-0.15, -0.1) is 0 Å². The summed E-state index contributed by atoms with van der Waals surface area (Å²) in [6.07, 6.45) is 0.919. The molecule has 9 heteroatoms. The molecule has 39 heavy (non-hydrogen) atoms. The van der Waals surface area contributed by atoms with Crippen LogP contribution in [-0.2, 0) is 16.3 Å². The number of rotatable bonds is 12. The Bertz CT molecular complexity index is 1540. The summed E-state index contributed by atoms with van der Waals surface area (Å²) in [6, 6.07) is 26.0. The van der Waals surface area contributed by atoms with Crippen molar-refractivity contribution in [2.24, 2.45) is 0 Å². The lowest BCUT2D eigenvalue weighted by Gasteiger charge is -2.12. The van der Waals surface area contributed by atoms with Crippen molar-refractivity contribution in [2.75, 3.05) is 13.1 Å². The molecule has 0 unspecified atom stereocenters. The third kappa shape index (κ3) is 7.68. The molecule has 0 amide bonds. The van der Waals surface area contributed by atoms with E-state index >= 15 is 0 Å². The van der Waals surface area contributed by atoms with Gasteiger partial charge < -0.3 is 20.3 Å². The zero-order valence-electron chi connectivity index (χ0n) is 21.0. The Hall–Kier alpha value is -3.69. The van der Waals surface area contributed by atoms with E-state index in [0.29, 0.717) is 23.9 Å².